The van der Waals surface area contributed by atoms with E-state index < -0.39 is 0 Å². The number of hydrogen-bond acceptors (Lipinski definition) is 5. The fraction of sp³-hybridized carbons (Fsp3) is 0.200. The molecule has 1 N–H and O–H groups in total. The van der Waals surface area contributed by atoms with Gasteiger partial charge in [0, 0.05) is 12.2 Å². The van der Waals surface area contributed by atoms with Crippen LogP contribution < -0.4 is 5.32 Å². The molecule has 0 atom stereocenters. The van der Waals surface area contributed by atoms with Gasteiger partial charge in [0.25, 0.3) is 0 Å². The molecule has 0 unspecified atom stereocenters. The van der Waals surface area contributed by atoms with Crippen LogP contribution in [0.15, 0.2) is 42.1 Å². The van der Waals surface area contributed by atoms with E-state index in [0.29, 0.717) is 23.0 Å². The van der Waals surface area contributed by atoms with Crippen LogP contribution in [0.1, 0.15) is 11.4 Å². The maximum atomic E-state index is 12.0. The molecule has 112 valence electrons. The Hall–Kier alpha value is -2.59. The summed E-state index contributed by atoms with van der Waals surface area (Å²) in [6.45, 7) is 6.15. The lowest BCUT2D eigenvalue weighted by molar-refractivity contribution is -0.113. The topological polar surface area (TPSA) is 83.6 Å². The van der Waals surface area contributed by atoms with E-state index in [-0.39, 0.29) is 11.7 Å². The molecule has 1 amide bonds. The second-order valence-electron chi connectivity index (χ2n) is 4.46. The van der Waals surface area contributed by atoms with Crippen molar-refractivity contribution in [3.05, 3.63) is 48.3 Å². The average molecular weight is 313 g/mol. The summed E-state index contributed by atoms with van der Waals surface area (Å²) in [4.78, 5) is 12.0. The highest BCUT2D eigenvalue weighted by Gasteiger charge is 2.11. The number of amides is 1. The highest BCUT2D eigenvalue weighted by Crippen LogP contribution is 2.17. The molecular formula is C15H15N5OS. The summed E-state index contributed by atoms with van der Waals surface area (Å²) in [5, 5.41) is 20.3. The lowest BCUT2D eigenvalue weighted by Gasteiger charge is -2.06. The molecule has 0 aliphatic rings. The van der Waals surface area contributed by atoms with Crippen LogP contribution in [0, 0.1) is 18.3 Å². The molecular weight excluding hydrogens is 298 g/mol. The monoisotopic (exact) mass is 313 g/mol. The van der Waals surface area contributed by atoms with E-state index in [4.69, 9.17) is 5.26 Å². The van der Waals surface area contributed by atoms with Gasteiger partial charge < -0.3 is 9.88 Å². The van der Waals surface area contributed by atoms with E-state index in [0.717, 1.165) is 5.82 Å². The summed E-state index contributed by atoms with van der Waals surface area (Å²) >= 11 is 1.31. The van der Waals surface area contributed by atoms with E-state index in [9.17, 15) is 4.79 Å². The number of hydrogen-bond donors (Lipinski definition) is 1. The lowest BCUT2D eigenvalue weighted by Crippen LogP contribution is -2.14. The Morgan fingerprint density at radius 1 is 1.55 bits per heavy atom. The van der Waals surface area contributed by atoms with Crippen LogP contribution in [0.2, 0.25) is 0 Å². The van der Waals surface area contributed by atoms with Gasteiger partial charge in [0.15, 0.2) is 5.16 Å². The van der Waals surface area contributed by atoms with Crippen LogP contribution in [0.4, 0.5) is 5.69 Å². The zero-order valence-corrected chi connectivity index (χ0v) is 12.9. The predicted octanol–water partition coefficient (Wildman–Crippen LogP) is 2.38. The predicted molar refractivity (Wildman–Crippen MR) is 85.5 cm³/mol. The highest BCUT2D eigenvalue weighted by atomic mass is 32.2. The zero-order valence-electron chi connectivity index (χ0n) is 12.1. The average Bonchev–Trinajstić information content (AvgIpc) is 2.86. The van der Waals surface area contributed by atoms with Crippen LogP contribution in [0.25, 0.3) is 0 Å². The smallest absolute Gasteiger partial charge is 0.234 e. The number of aromatic nitrogens is 3. The number of benzene rings is 1. The summed E-state index contributed by atoms with van der Waals surface area (Å²) in [5.74, 6) is 0.835. The van der Waals surface area contributed by atoms with Crippen molar-refractivity contribution >= 4 is 23.4 Å². The molecule has 1 heterocycles. The fourth-order valence-corrected chi connectivity index (χ4v) is 2.59. The summed E-state index contributed by atoms with van der Waals surface area (Å²) in [6.07, 6.45) is 1.76. The molecule has 0 saturated heterocycles. The standard InChI is InChI=1S/C15H15N5OS/c1-3-7-20-11(2)18-19-15(20)22-10-14(21)17-13-6-4-5-12(8-13)9-16/h3-6,8H,1,7,10H2,2H3,(H,17,21). The molecule has 0 bridgehead atoms. The first-order valence-electron chi connectivity index (χ1n) is 6.57. The third-order valence-corrected chi connectivity index (χ3v) is 3.79. The third kappa shape index (κ3) is 3.96. The van der Waals surface area contributed by atoms with Crippen molar-refractivity contribution in [2.45, 2.75) is 18.6 Å². The summed E-state index contributed by atoms with van der Waals surface area (Å²) in [7, 11) is 0. The van der Waals surface area contributed by atoms with Crippen molar-refractivity contribution < 1.29 is 4.79 Å². The van der Waals surface area contributed by atoms with E-state index in [1.165, 1.54) is 11.8 Å². The van der Waals surface area contributed by atoms with Crippen LogP contribution >= 0.6 is 11.8 Å². The number of allylic oxidation sites excluding steroid dienone is 1. The van der Waals surface area contributed by atoms with Crippen molar-refractivity contribution in [3.63, 3.8) is 0 Å². The maximum absolute atomic E-state index is 12.0. The third-order valence-electron chi connectivity index (χ3n) is 2.82. The van der Waals surface area contributed by atoms with Crippen molar-refractivity contribution in [2.75, 3.05) is 11.1 Å². The minimum absolute atomic E-state index is 0.161. The first-order chi connectivity index (χ1) is 10.6. The summed E-state index contributed by atoms with van der Waals surface area (Å²) in [6, 6.07) is 8.82. The van der Waals surface area contributed by atoms with Gasteiger partial charge in [0.05, 0.1) is 17.4 Å². The number of nitrogens with zero attached hydrogens (tertiary/aromatic N) is 4. The molecule has 2 rings (SSSR count). The van der Waals surface area contributed by atoms with Gasteiger partial charge in [-0.15, -0.1) is 16.8 Å². The Morgan fingerprint density at radius 3 is 3.09 bits per heavy atom. The number of aryl methyl sites for hydroxylation is 1. The van der Waals surface area contributed by atoms with Gasteiger partial charge in [-0.25, -0.2) is 0 Å². The number of carbonyl (C=O) groups excluding carboxylic acids is 1. The lowest BCUT2D eigenvalue weighted by atomic mass is 10.2. The normalized spacial score (nSPS) is 10.0. The molecule has 2 aromatic rings. The number of nitriles is 1. The maximum Gasteiger partial charge on any atom is 0.234 e. The van der Waals surface area contributed by atoms with E-state index in [2.05, 4.69) is 22.1 Å². The molecule has 0 fully saturated rings. The second kappa shape index (κ2) is 7.43. The van der Waals surface area contributed by atoms with Crippen molar-refractivity contribution in [3.8, 4) is 6.07 Å². The number of nitrogens with one attached hydrogen (secondary N) is 1. The summed E-state index contributed by atoms with van der Waals surface area (Å²) < 4.78 is 1.89. The molecule has 0 aliphatic carbocycles. The summed E-state index contributed by atoms with van der Waals surface area (Å²) in [5.41, 5.74) is 1.11. The molecule has 1 aromatic carbocycles. The first-order valence-corrected chi connectivity index (χ1v) is 7.56. The Bertz CT molecular complexity index is 732. The van der Waals surface area contributed by atoms with Gasteiger partial charge in [0.1, 0.15) is 5.82 Å². The van der Waals surface area contributed by atoms with Gasteiger partial charge in [-0.1, -0.05) is 23.9 Å². The number of carbonyl (C=O) groups is 1. The molecule has 0 spiro atoms. The minimum Gasteiger partial charge on any atom is -0.325 e. The van der Waals surface area contributed by atoms with Gasteiger partial charge in [-0.2, -0.15) is 5.26 Å². The molecule has 0 aliphatic heterocycles. The number of thioether (sulfide) groups is 1. The van der Waals surface area contributed by atoms with Gasteiger partial charge in [-0.3, -0.25) is 4.79 Å². The Kier molecular flexibility index (Phi) is 5.33. The van der Waals surface area contributed by atoms with Crippen molar-refractivity contribution in [2.24, 2.45) is 0 Å². The van der Waals surface area contributed by atoms with E-state index in [1.807, 2.05) is 17.6 Å². The molecule has 6 nitrogen and oxygen atoms in total. The SMILES string of the molecule is C=CCn1c(C)nnc1SCC(=O)Nc1cccc(C#N)c1. The zero-order chi connectivity index (χ0) is 15.9. The van der Waals surface area contributed by atoms with Crippen LogP contribution in [0.3, 0.4) is 0 Å². The van der Waals surface area contributed by atoms with Crippen LogP contribution in [-0.4, -0.2) is 26.4 Å². The van der Waals surface area contributed by atoms with Gasteiger partial charge in [-0.05, 0) is 25.1 Å². The van der Waals surface area contributed by atoms with Crippen LogP contribution in [-0.2, 0) is 11.3 Å². The minimum atomic E-state index is -0.161. The van der Waals surface area contributed by atoms with E-state index >= 15 is 0 Å². The molecule has 7 heteroatoms. The largest absolute Gasteiger partial charge is 0.325 e. The van der Waals surface area contributed by atoms with Crippen LogP contribution in [0.5, 0.6) is 0 Å². The molecule has 0 radical (unpaired) electrons. The Morgan fingerprint density at radius 2 is 2.36 bits per heavy atom. The Balaban J connectivity index is 1.95. The second-order valence-corrected chi connectivity index (χ2v) is 5.40. The van der Waals surface area contributed by atoms with Crippen molar-refractivity contribution in [1.29, 1.82) is 5.26 Å². The molecule has 22 heavy (non-hydrogen) atoms. The van der Waals surface area contributed by atoms with E-state index in [1.54, 1.807) is 30.3 Å². The highest BCUT2D eigenvalue weighted by molar-refractivity contribution is 7.99. The van der Waals surface area contributed by atoms with Crippen molar-refractivity contribution in [1.82, 2.24) is 14.8 Å². The fourth-order valence-electron chi connectivity index (χ4n) is 1.80. The quantitative estimate of drug-likeness (QED) is 0.654. The molecule has 1 aromatic heterocycles. The molecule has 0 saturated carbocycles. The number of rotatable bonds is 6. The first kappa shape index (κ1) is 15.8. The Labute approximate surface area is 132 Å². The van der Waals surface area contributed by atoms with Gasteiger partial charge >= 0.3 is 0 Å². The van der Waals surface area contributed by atoms with Gasteiger partial charge in [0.2, 0.25) is 5.91 Å². The number of anilines is 1.